The second-order valence-corrected chi connectivity index (χ2v) is 5.98. The second kappa shape index (κ2) is 9.11. The summed E-state index contributed by atoms with van der Waals surface area (Å²) in [5, 5.41) is 12.8. The second-order valence-electron chi connectivity index (χ2n) is 5.55. The molecular weight excluding hydrogens is 339 g/mol. The summed E-state index contributed by atoms with van der Waals surface area (Å²) >= 11 is 5.87. The summed E-state index contributed by atoms with van der Waals surface area (Å²) in [5.41, 5.74) is 0.997. The highest BCUT2D eigenvalue weighted by Gasteiger charge is 2.31. The first kappa shape index (κ1) is 19.7. The first-order valence-electron chi connectivity index (χ1n) is 7.53. The number of hydrogen-bond acceptors (Lipinski definition) is 3. The van der Waals surface area contributed by atoms with Gasteiger partial charge in [0.25, 0.3) is 0 Å². The van der Waals surface area contributed by atoms with E-state index in [9.17, 15) is 9.59 Å². The number of aliphatic carboxylic acids is 1. The first-order valence-corrected chi connectivity index (χ1v) is 7.90. The zero-order valence-corrected chi connectivity index (χ0v) is 14.6. The van der Waals surface area contributed by atoms with Crippen LogP contribution in [0, 0.1) is 0 Å². The zero-order chi connectivity index (χ0) is 16.1. The van der Waals surface area contributed by atoms with Crippen LogP contribution < -0.4 is 5.32 Å². The lowest BCUT2D eigenvalue weighted by Crippen LogP contribution is -2.43. The van der Waals surface area contributed by atoms with Crippen LogP contribution in [-0.4, -0.2) is 41.0 Å². The Morgan fingerprint density at radius 3 is 2.61 bits per heavy atom. The number of hydrogen-bond donors (Lipinski definition) is 2. The smallest absolute Gasteiger partial charge is 0.320 e. The topological polar surface area (TPSA) is 69.6 Å². The molecule has 2 N–H and O–H groups in total. The predicted molar refractivity (Wildman–Crippen MR) is 92.1 cm³/mol. The van der Waals surface area contributed by atoms with Gasteiger partial charge in [-0.15, -0.1) is 12.4 Å². The summed E-state index contributed by atoms with van der Waals surface area (Å²) in [6.07, 6.45) is 2.19. The molecule has 0 aliphatic carbocycles. The lowest BCUT2D eigenvalue weighted by molar-refractivity contribution is -0.142. The number of carboxylic acids is 1. The number of nitrogens with one attached hydrogen (secondary N) is 1. The Morgan fingerprint density at radius 1 is 1.39 bits per heavy atom. The average molecular weight is 361 g/mol. The Morgan fingerprint density at radius 2 is 2.04 bits per heavy atom. The van der Waals surface area contributed by atoms with Crippen LogP contribution >= 0.6 is 24.0 Å². The van der Waals surface area contributed by atoms with Gasteiger partial charge in [0.1, 0.15) is 6.04 Å². The van der Waals surface area contributed by atoms with E-state index >= 15 is 0 Å². The van der Waals surface area contributed by atoms with E-state index in [1.54, 1.807) is 17.0 Å². The molecular formula is C16H22Cl2N2O3. The number of carbonyl (C=O) groups excluding carboxylic acids is 1. The fourth-order valence-electron chi connectivity index (χ4n) is 2.84. The van der Waals surface area contributed by atoms with Gasteiger partial charge < -0.3 is 10.4 Å². The van der Waals surface area contributed by atoms with Crippen molar-refractivity contribution in [2.45, 2.75) is 38.3 Å². The molecule has 1 aromatic carbocycles. The maximum Gasteiger partial charge on any atom is 0.320 e. The largest absolute Gasteiger partial charge is 0.480 e. The number of halogens is 2. The summed E-state index contributed by atoms with van der Waals surface area (Å²) in [5.74, 6) is -0.995. The minimum absolute atomic E-state index is 0. The minimum Gasteiger partial charge on any atom is -0.480 e. The molecule has 7 heteroatoms. The van der Waals surface area contributed by atoms with E-state index < -0.39 is 12.0 Å². The van der Waals surface area contributed by atoms with Crippen LogP contribution in [0.5, 0.6) is 0 Å². The van der Waals surface area contributed by atoms with Crippen LogP contribution in [0.25, 0.3) is 0 Å². The summed E-state index contributed by atoms with van der Waals surface area (Å²) in [6.45, 7) is 2.78. The van der Waals surface area contributed by atoms with Crippen molar-refractivity contribution in [1.82, 2.24) is 10.2 Å². The van der Waals surface area contributed by atoms with Crippen molar-refractivity contribution in [2.24, 2.45) is 0 Å². The first-order chi connectivity index (χ1) is 10.5. The molecule has 0 radical (unpaired) electrons. The Bertz CT molecular complexity index is 537. The van der Waals surface area contributed by atoms with E-state index in [2.05, 4.69) is 5.32 Å². The van der Waals surface area contributed by atoms with Crippen LogP contribution in [-0.2, 0) is 9.59 Å². The summed E-state index contributed by atoms with van der Waals surface area (Å²) in [6, 6.07) is 6.76. The van der Waals surface area contributed by atoms with Gasteiger partial charge >= 0.3 is 5.97 Å². The third-order valence-corrected chi connectivity index (χ3v) is 4.26. The highest BCUT2D eigenvalue weighted by atomic mass is 35.5. The molecule has 2 atom stereocenters. The van der Waals surface area contributed by atoms with Crippen molar-refractivity contribution in [1.29, 1.82) is 0 Å². The molecule has 1 aliphatic heterocycles. The van der Waals surface area contributed by atoms with E-state index in [1.807, 2.05) is 19.1 Å². The minimum atomic E-state index is -0.852. The molecule has 0 aromatic heterocycles. The van der Waals surface area contributed by atoms with Crippen LogP contribution in [0.2, 0.25) is 5.02 Å². The standard InChI is InChI=1S/C16H21ClN2O3.ClH/c1-2-13(11-5-7-12(17)8-6-11)18-15(20)10-19-9-3-4-14(19)16(21)22;/h5-8,13-14H,2-4,9-10H2,1H3,(H,18,20)(H,21,22);1H/t13?,14-;/m1./s1. The van der Waals surface area contributed by atoms with Gasteiger partial charge in [-0.05, 0) is 43.5 Å². The normalized spacial score (nSPS) is 19.0. The maximum absolute atomic E-state index is 12.2. The summed E-state index contributed by atoms with van der Waals surface area (Å²) in [4.78, 5) is 25.1. The van der Waals surface area contributed by atoms with Crippen LogP contribution in [0.1, 0.15) is 37.8 Å². The fraction of sp³-hybridized carbons (Fsp3) is 0.500. The van der Waals surface area contributed by atoms with Crippen molar-refractivity contribution in [3.63, 3.8) is 0 Å². The van der Waals surface area contributed by atoms with Gasteiger partial charge in [-0.1, -0.05) is 30.7 Å². The Labute approximate surface area is 147 Å². The number of rotatable bonds is 6. The van der Waals surface area contributed by atoms with Gasteiger partial charge in [0.2, 0.25) is 5.91 Å². The third-order valence-electron chi connectivity index (χ3n) is 4.01. The molecule has 1 heterocycles. The molecule has 1 fully saturated rings. The van der Waals surface area contributed by atoms with E-state index in [0.717, 1.165) is 18.4 Å². The Hall–Kier alpha value is -1.30. The number of nitrogens with zero attached hydrogens (tertiary/aromatic N) is 1. The molecule has 1 saturated heterocycles. The van der Waals surface area contributed by atoms with Crippen molar-refractivity contribution in [3.05, 3.63) is 34.9 Å². The lowest BCUT2D eigenvalue weighted by Gasteiger charge is -2.23. The number of likely N-dealkylation sites (tertiary alicyclic amines) is 1. The number of benzene rings is 1. The molecule has 23 heavy (non-hydrogen) atoms. The monoisotopic (exact) mass is 360 g/mol. The molecule has 2 rings (SSSR count). The Kier molecular flexibility index (Phi) is 7.82. The molecule has 128 valence electrons. The van der Waals surface area contributed by atoms with Crippen molar-refractivity contribution >= 4 is 35.9 Å². The average Bonchev–Trinajstić information content (AvgIpc) is 2.94. The Balaban J connectivity index is 0.00000264. The summed E-state index contributed by atoms with van der Waals surface area (Å²) in [7, 11) is 0. The molecule has 1 unspecified atom stereocenters. The van der Waals surface area contributed by atoms with Gasteiger partial charge in [0.05, 0.1) is 12.6 Å². The van der Waals surface area contributed by atoms with E-state index in [-0.39, 0.29) is 30.9 Å². The molecule has 1 amide bonds. The highest BCUT2D eigenvalue weighted by molar-refractivity contribution is 6.30. The molecule has 5 nitrogen and oxygen atoms in total. The van der Waals surface area contributed by atoms with Gasteiger partial charge in [0, 0.05) is 5.02 Å². The molecule has 1 aromatic rings. The zero-order valence-electron chi connectivity index (χ0n) is 13.0. The summed E-state index contributed by atoms with van der Waals surface area (Å²) < 4.78 is 0. The quantitative estimate of drug-likeness (QED) is 0.818. The van der Waals surface area contributed by atoms with E-state index in [0.29, 0.717) is 18.0 Å². The number of amides is 1. The fourth-order valence-corrected chi connectivity index (χ4v) is 2.96. The lowest BCUT2D eigenvalue weighted by atomic mass is 10.0. The predicted octanol–water partition coefficient (Wildman–Crippen LogP) is 2.88. The van der Waals surface area contributed by atoms with Gasteiger partial charge in [0.15, 0.2) is 0 Å². The molecule has 0 spiro atoms. The van der Waals surface area contributed by atoms with Crippen LogP contribution in [0.3, 0.4) is 0 Å². The molecule has 0 saturated carbocycles. The van der Waals surface area contributed by atoms with Crippen LogP contribution in [0.15, 0.2) is 24.3 Å². The maximum atomic E-state index is 12.2. The van der Waals surface area contributed by atoms with Gasteiger partial charge in [-0.25, -0.2) is 0 Å². The number of carboxylic acid groups (broad SMARTS) is 1. The highest BCUT2D eigenvalue weighted by Crippen LogP contribution is 2.20. The number of carbonyl (C=O) groups is 2. The van der Waals surface area contributed by atoms with Crippen molar-refractivity contribution < 1.29 is 14.7 Å². The molecule has 1 aliphatic rings. The third kappa shape index (κ3) is 5.37. The van der Waals surface area contributed by atoms with E-state index in [4.69, 9.17) is 16.7 Å². The molecule has 0 bridgehead atoms. The van der Waals surface area contributed by atoms with Crippen molar-refractivity contribution in [2.75, 3.05) is 13.1 Å². The van der Waals surface area contributed by atoms with Gasteiger partial charge in [-0.2, -0.15) is 0 Å². The van der Waals surface area contributed by atoms with Crippen LogP contribution in [0.4, 0.5) is 0 Å². The van der Waals surface area contributed by atoms with Gasteiger partial charge in [-0.3, -0.25) is 14.5 Å². The van der Waals surface area contributed by atoms with E-state index in [1.165, 1.54) is 0 Å². The SMILES string of the molecule is CCC(NC(=O)CN1CCC[C@@H]1C(=O)O)c1ccc(Cl)cc1.Cl. The van der Waals surface area contributed by atoms with Crippen molar-refractivity contribution in [3.8, 4) is 0 Å².